The van der Waals surface area contributed by atoms with Crippen LogP contribution in [0.3, 0.4) is 0 Å². The lowest BCUT2D eigenvalue weighted by atomic mass is 9.91. The zero-order valence-electron chi connectivity index (χ0n) is 17.8. The Kier molecular flexibility index (Phi) is 7.89. The molecular formula is C25H22F6O2. The molecule has 33 heavy (non-hydrogen) atoms. The van der Waals surface area contributed by atoms with Crippen molar-refractivity contribution in [3.05, 3.63) is 89.2 Å². The molecule has 0 saturated carbocycles. The molecule has 176 valence electrons. The molecule has 0 saturated heterocycles. The number of benzene rings is 3. The molecule has 3 aromatic carbocycles. The van der Waals surface area contributed by atoms with Gasteiger partial charge in [-0.25, -0.2) is 13.2 Å². The van der Waals surface area contributed by atoms with Crippen LogP contribution in [-0.2, 0) is 6.42 Å². The van der Waals surface area contributed by atoms with Crippen LogP contribution in [0.15, 0.2) is 60.7 Å². The van der Waals surface area contributed by atoms with Gasteiger partial charge in [0, 0.05) is 0 Å². The fourth-order valence-corrected chi connectivity index (χ4v) is 3.49. The highest BCUT2D eigenvalue weighted by atomic mass is 19.4. The molecule has 2 nitrogen and oxygen atoms in total. The molecule has 3 aromatic rings. The number of ether oxygens (including phenoxy) is 2. The van der Waals surface area contributed by atoms with Gasteiger partial charge in [-0.1, -0.05) is 24.3 Å². The normalized spacial score (nSPS) is 12.5. The highest BCUT2D eigenvalue weighted by molar-refractivity contribution is 5.36. The van der Waals surface area contributed by atoms with Crippen molar-refractivity contribution in [2.75, 3.05) is 6.61 Å². The maximum Gasteiger partial charge on any atom is 0.395 e. The highest BCUT2D eigenvalue weighted by Crippen LogP contribution is 2.40. The molecule has 0 aliphatic heterocycles. The fourth-order valence-electron chi connectivity index (χ4n) is 3.49. The van der Waals surface area contributed by atoms with Crippen LogP contribution >= 0.6 is 0 Å². The molecule has 1 atom stereocenters. The van der Waals surface area contributed by atoms with Crippen molar-refractivity contribution in [1.29, 1.82) is 0 Å². The average Bonchev–Trinajstić information content (AvgIpc) is 2.75. The van der Waals surface area contributed by atoms with Gasteiger partial charge >= 0.3 is 6.18 Å². The third-order valence-electron chi connectivity index (χ3n) is 5.03. The quantitative estimate of drug-likeness (QED) is 0.297. The molecule has 0 heterocycles. The number of rotatable bonds is 9. The van der Waals surface area contributed by atoms with Gasteiger partial charge in [-0.05, 0) is 73.7 Å². The highest BCUT2D eigenvalue weighted by Gasteiger charge is 2.41. The summed E-state index contributed by atoms with van der Waals surface area (Å²) in [6.45, 7) is 1.49. The van der Waals surface area contributed by atoms with Gasteiger partial charge < -0.3 is 9.47 Å². The van der Waals surface area contributed by atoms with E-state index in [1.54, 1.807) is 30.3 Å². The molecule has 1 unspecified atom stereocenters. The SMILES string of the molecule is CCOc1c(F)cc(C(CCCc2ccc(F)c(Oc3ccccc3)c2)C(F)(F)F)cc1F. The van der Waals surface area contributed by atoms with Gasteiger partial charge in [0.1, 0.15) is 5.75 Å². The molecule has 0 N–H and O–H groups in total. The second-order valence-electron chi connectivity index (χ2n) is 7.41. The second kappa shape index (κ2) is 10.6. The predicted octanol–water partition coefficient (Wildman–Crippen LogP) is 7.96. The molecule has 0 aliphatic carbocycles. The molecule has 0 aromatic heterocycles. The molecular weight excluding hydrogens is 446 g/mol. The summed E-state index contributed by atoms with van der Waals surface area (Å²) in [5, 5.41) is 0. The van der Waals surface area contributed by atoms with Crippen molar-refractivity contribution in [3.8, 4) is 17.2 Å². The summed E-state index contributed by atoms with van der Waals surface area (Å²) in [6.07, 6.45) is -4.85. The number of para-hydroxylation sites is 1. The smallest absolute Gasteiger partial charge is 0.395 e. The lowest BCUT2D eigenvalue weighted by Crippen LogP contribution is -2.21. The maximum absolute atomic E-state index is 14.1. The van der Waals surface area contributed by atoms with Gasteiger partial charge in [0.15, 0.2) is 29.0 Å². The van der Waals surface area contributed by atoms with Crippen LogP contribution in [0.1, 0.15) is 36.8 Å². The summed E-state index contributed by atoms with van der Waals surface area (Å²) < 4.78 is 93.6. The van der Waals surface area contributed by atoms with E-state index in [0.717, 1.165) is 0 Å². The zero-order chi connectivity index (χ0) is 24.0. The molecule has 3 rings (SSSR count). The summed E-state index contributed by atoms with van der Waals surface area (Å²) in [6, 6.07) is 13.9. The molecule has 8 heteroatoms. The molecule has 0 amide bonds. The molecule has 0 fully saturated rings. The number of hydrogen-bond donors (Lipinski definition) is 0. The van der Waals surface area contributed by atoms with Gasteiger partial charge in [-0.2, -0.15) is 13.2 Å². The van der Waals surface area contributed by atoms with Crippen LogP contribution < -0.4 is 9.47 Å². The Labute approximate surface area is 187 Å². The van der Waals surface area contributed by atoms with E-state index >= 15 is 0 Å². The number of halogens is 6. The lowest BCUT2D eigenvalue weighted by molar-refractivity contribution is -0.152. The number of aryl methyl sites for hydroxylation is 1. The van der Waals surface area contributed by atoms with E-state index in [1.165, 1.54) is 25.1 Å². The Balaban J connectivity index is 1.72. The Bertz CT molecular complexity index is 1040. The van der Waals surface area contributed by atoms with Crippen LogP contribution in [0.4, 0.5) is 26.3 Å². The largest absolute Gasteiger partial charge is 0.488 e. The number of hydrogen-bond acceptors (Lipinski definition) is 2. The summed E-state index contributed by atoms with van der Waals surface area (Å²) in [5.41, 5.74) is 0.0699. The average molecular weight is 468 g/mol. The third-order valence-corrected chi connectivity index (χ3v) is 5.03. The first-order chi connectivity index (χ1) is 15.7. The van der Waals surface area contributed by atoms with Crippen LogP contribution in [0.5, 0.6) is 17.2 Å². The van der Waals surface area contributed by atoms with Crippen LogP contribution in [-0.4, -0.2) is 12.8 Å². The minimum Gasteiger partial charge on any atom is -0.488 e. The monoisotopic (exact) mass is 468 g/mol. The van der Waals surface area contributed by atoms with Gasteiger partial charge in [0.25, 0.3) is 0 Å². The minimum absolute atomic E-state index is 0.0243. The molecule has 0 aliphatic rings. The van der Waals surface area contributed by atoms with Crippen molar-refractivity contribution in [3.63, 3.8) is 0 Å². The first-order valence-corrected chi connectivity index (χ1v) is 10.4. The molecule has 0 radical (unpaired) electrons. The summed E-state index contributed by atoms with van der Waals surface area (Å²) in [4.78, 5) is 0. The number of alkyl halides is 3. The standard InChI is InChI=1S/C25H22F6O2/c1-2-32-24-21(27)14-17(15-22(24)28)19(25(29,30)31)10-6-7-16-11-12-20(26)23(13-16)33-18-8-4-3-5-9-18/h3-5,8-9,11-15,19H,2,6-7,10H2,1H3. The fraction of sp³-hybridized carbons (Fsp3) is 0.280. The summed E-state index contributed by atoms with van der Waals surface area (Å²) >= 11 is 0. The van der Waals surface area contributed by atoms with Crippen molar-refractivity contribution >= 4 is 0 Å². The van der Waals surface area contributed by atoms with E-state index in [1.807, 2.05) is 0 Å². The van der Waals surface area contributed by atoms with Crippen molar-refractivity contribution < 1.29 is 35.8 Å². The Morgan fingerprint density at radius 2 is 1.52 bits per heavy atom. The van der Waals surface area contributed by atoms with Crippen LogP contribution in [0.2, 0.25) is 0 Å². The third kappa shape index (κ3) is 6.43. The van der Waals surface area contributed by atoms with E-state index in [2.05, 4.69) is 0 Å². The van der Waals surface area contributed by atoms with E-state index < -0.39 is 47.3 Å². The second-order valence-corrected chi connectivity index (χ2v) is 7.41. The van der Waals surface area contributed by atoms with Gasteiger partial charge in [0.2, 0.25) is 0 Å². The maximum atomic E-state index is 14.1. The van der Waals surface area contributed by atoms with Crippen LogP contribution in [0.25, 0.3) is 0 Å². The van der Waals surface area contributed by atoms with Crippen molar-refractivity contribution in [2.24, 2.45) is 0 Å². The van der Waals surface area contributed by atoms with Crippen molar-refractivity contribution in [1.82, 2.24) is 0 Å². The Morgan fingerprint density at radius 1 is 0.848 bits per heavy atom. The van der Waals surface area contributed by atoms with E-state index in [-0.39, 0.29) is 25.2 Å². The zero-order valence-corrected chi connectivity index (χ0v) is 17.8. The van der Waals surface area contributed by atoms with Gasteiger partial charge in [0.05, 0.1) is 12.5 Å². The molecule has 0 bridgehead atoms. The van der Waals surface area contributed by atoms with Crippen molar-refractivity contribution in [2.45, 2.75) is 38.3 Å². The first-order valence-electron chi connectivity index (χ1n) is 10.4. The van der Waals surface area contributed by atoms with E-state index in [9.17, 15) is 26.3 Å². The molecule has 0 spiro atoms. The van der Waals surface area contributed by atoms with E-state index in [0.29, 0.717) is 23.4 Å². The Morgan fingerprint density at radius 3 is 2.12 bits per heavy atom. The van der Waals surface area contributed by atoms with Crippen LogP contribution in [0, 0.1) is 17.5 Å². The topological polar surface area (TPSA) is 18.5 Å². The lowest BCUT2D eigenvalue weighted by Gasteiger charge is -2.21. The Hall–Kier alpha value is -3.16. The van der Waals surface area contributed by atoms with E-state index in [4.69, 9.17) is 9.47 Å². The van der Waals surface area contributed by atoms with Gasteiger partial charge in [-0.3, -0.25) is 0 Å². The first kappa shape index (κ1) is 24.5. The summed E-state index contributed by atoms with van der Waals surface area (Å²) in [7, 11) is 0. The summed E-state index contributed by atoms with van der Waals surface area (Å²) in [5.74, 6) is -5.33. The van der Waals surface area contributed by atoms with Gasteiger partial charge in [-0.15, -0.1) is 0 Å². The minimum atomic E-state index is -4.70. The predicted molar refractivity (Wildman–Crippen MR) is 112 cm³/mol.